The van der Waals surface area contributed by atoms with Crippen molar-refractivity contribution in [2.75, 3.05) is 19.9 Å². The predicted molar refractivity (Wildman–Crippen MR) is 61.8 cm³/mol. The molecule has 0 saturated carbocycles. The van der Waals surface area contributed by atoms with E-state index < -0.39 is 0 Å². The van der Waals surface area contributed by atoms with Gasteiger partial charge in [-0.2, -0.15) is 11.8 Å². The zero-order chi connectivity index (χ0) is 12.0. The largest absolute Gasteiger partial charge is 0.468 e. The van der Waals surface area contributed by atoms with Gasteiger partial charge in [-0.05, 0) is 27.0 Å². The fourth-order valence-electron chi connectivity index (χ4n) is 1.05. The van der Waals surface area contributed by atoms with Crippen LogP contribution >= 0.6 is 11.8 Å². The molecule has 15 heavy (non-hydrogen) atoms. The summed E-state index contributed by atoms with van der Waals surface area (Å²) in [5, 5.41) is -0.128. The molecule has 1 atom stereocenters. The van der Waals surface area contributed by atoms with Crippen molar-refractivity contribution < 1.29 is 14.3 Å². The van der Waals surface area contributed by atoms with Crippen LogP contribution in [0.3, 0.4) is 0 Å². The molecule has 0 fully saturated rings. The van der Waals surface area contributed by atoms with Crippen LogP contribution in [0.5, 0.6) is 0 Å². The Kier molecular flexibility index (Phi) is 6.40. The second-order valence-corrected chi connectivity index (χ2v) is 4.69. The van der Waals surface area contributed by atoms with E-state index in [9.17, 15) is 9.59 Å². The average molecular weight is 233 g/mol. The first-order valence-electron chi connectivity index (χ1n) is 4.84. The van der Waals surface area contributed by atoms with Crippen LogP contribution in [-0.2, 0) is 14.3 Å². The standard InChI is InChI=1S/C10H19NO3S/c1-7(2)11(6-9(12)14-4)10(13)8(3)15-5/h7-8H,6H2,1-5H3. The van der Waals surface area contributed by atoms with Crippen molar-refractivity contribution in [3.63, 3.8) is 0 Å². The Hall–Kier alpha value is -0.710. The summed E-state index contributed by atoms with van der Waals surface area (Å²) in [4.78, 5) is 24.5. The third-order valence-electron chi connectivity index (χ3n) is 2.13. The van der Waals surface area contributed by atoms with E-state index in [1.807, 2.05) is 27.0 Å². The summed E-state index contributed by atoms with van der Waals surface area (Å²) in [6.07, 6.45) is 1.87. The Morgan fingerprint density at radius 1 is 1.33 bits per heavy atom. The van der Waals surface area contributed by atoms with Crippen LogP contribution in [0.4, 0.5) is 0 Å². The number of hydrogen-bond acceptors (Lipinski definition) is 4. The molecule has 0 aliphatic heterocycles. The fraction of sp³-hybridized carbons (Fsp3) is 0.800. The second kappa shape index (κ2) is 6.71. The summed E-state index contributed by atoms with van der Waals surface area (Å²) in [5.74, 6) is -0.409. The van der Waals surface area contributed by atoms with Crippen LogP contribution < -0.4 is 0 Å². The minimum atomic E-state index is -0.384. The Balaban J connectivity index is 4.52. The van der Waals surface area contributed by atoms with Crippen LogP contribution in [0.25, 0.3) is 0 Å². The van der Waals surface area contributed by atoms with Gasteiger partial charge in [-0.25, -0.2) is 0 Å². The first-order chi connectivity index (χ1) is 6.93. The second-order valence-electron chi connectivity index (χ2n) is 3.51. The Morgan fingerprint density at radius 3 is 2.20 bits per heavy atom. The van der Waals surface area contributed by atoms with Crippen LogP contribution in [-0.4, -0.2) is 48.0 Å². The summed E-state index contributed by atoms with van der Waals surface area (Å²) in [6.45, 7) is 5.62. The normalized spacial score (nSPS) is 12.4. The third kappa shape index (κ3) is 4.55. The monoisotopic (exact) mass is 233 g/mol. The van der Waals surface area contributed by atoms with E-state index in [0.29, 0.717) is 0 Å². The summed E-state index contributed by atoms with van der Waals surface area (Å²) in [7, 11) is 1.32. The molecule has 0 heterocycles. The van der Waals surface area contributed by atoms with Crippen molar-refractivity contribution in [2.45, 2.75) is 32.1 Å². The van der Waals surface area contributed by atoms with E-state index in [0.717, 1.165) is 0 Å². The molecule has 0 saturated heterocycles. The smallest absolute Gasteiger partial charge is 0.325 e. The number of hydrogen-bond donors (Lipinski definition) is 0. The van der Waals surface area contributed by atoms with Crippen molar-refractivity contribution >= 4 is 23.6 Å². The van der Waals surface area contributed by atoms with Crippen molar-refractivity contribution in [1.82, 2.24) is 4.90 Å². The highest BCUT2D eigenvalue weighted by molar-refractivity contribution is 7.99. The van der Waals surface area contributed by atoms with Crippen molar-refractivity contribution in [1.29, 1.82) is 0 Å². The molecule has 4 nitrogen and oxygen atoms in total. The average Bonchev–Trinajstić information content (AvgIpc) is 2.22. The minimum Gasteiger partial charge on any atom is -0.468 e. The molecule has 0 aliphatic rings. The number of ether oxygens (including phenoxy) is 1. The minimum absolute atomic E-state index is 0.00574. The molecule has 0 aromatic rings. The summed E-state index contributed by atoms with van der Waals surface area (Å²) >= 11 is 1.47. The molecule has 0 aromatic carbocycles. The lowest BCUT2D eigenvalue weighted by Gasteiger charge is -2.27. The molecule has 0 rings (SSSR count). The molecular weight excluding hydrogens is 214 g/mol. The van der Waals surface area contributed by atoms with Gasteiger partial charge in [0.1, 0.15) is 6.54 Å². The highest BCUT2D eigenvalue weighted by atomic mass is 32.2. The van der Waals surface area contributed by atoms with Gasteiger partial charge in [0, 0.05) is 6.04 Å². The van der Waals surface area contributed by atoms with Crippen LogP contribution in [0.2, 0.25) is 0 Å². The van der Waals surface area contributed by atoms with E-state index in [1.54, 1.807) is 0 Å². The molecule has 0 radical (unpaired) electrons. The van der Waals surface area contributed by atoms with Crippen LogP contribution in [0, 0.1) is 0 Å². The van der Waals surface area contributed by atoms with Crippen molar-refractivity contribution in [2.24, 2.45) is 0 Å². The van der Waals surface area contributed by atoms with E-state index in [4.69, 9.17) is 0 Å². The van der Waals surface area contributed by atoms with Gasteiger partial charge in [-0.1, -0.05) is 0 Å². The Bertz CT molecular complexity index is 231. The topological polar surface area (TPSA) is 46.6 Å². The number of esters is 1. The van der Waals surface area contributed by atoms with Gasteiger partial charge in [0.15, 0.2) is 0 Å². The molecule has 0 aromatic heterocycles. The summed E-state index contributed by atoms with van der Waals surface area (Å²) in [5.41, 5.74) is 0. The summed E-state index contributed by atoms with van der Waals surface area (Å²) in [6, 6.07) is 0.00574. The molecule has 1 amide bonds. The Morgan fingerprint density at radius 2 is 1.87 bits per heavy atom. The van der Waals surface area contributed by atoms with Crippen LogP contribution in [0.1, 0.15) is 20.8 Å². The number of thioether (sulfide) groups is 1. The quantitative estimate of drug-likeness (QED) is 0.668. The number of carbonyl (C=O) groups is 2. The van der Waals surface area contributed by atoms with Crippen LogP contribution in [0.15, 0.2) is 0 Å². The van der Waals surface area contributed by atoms with Gasteiger partial charge in [-0.15, -0.1) is 0 Å². The number of amides is 1. The van der Waals surface area contributed by atoms with E-state index in [2.05, 4.69) is 4.74 Å². The molecule has 0 N–H and O–H groups in total. The highest BCUT2D eigenvalue weighted by Crippen LogP contribution is 2.11. The highest BCUT2D eigenvalue weighted by Gasteiger charge is 2.24. The first-order valence-corrected chi connectivity index (χ1v) is 6.12. The summed E-state index contributed by atoms with van der Waals surface area (Å²) < 4.78 is 4.55. The zero-order valence-electron chi connectivity index (χ0n) is 9.94. The number of nitrogens with zero attached hydrogens (tertiary/aromatic N) is 1. The lowest BCUT2D eigenvalue weighted by molar-refractivity contribution is -0.147. The zero-order valence-corrected chi connectivity index (χ0v) is 10.8. The van der Waals surface area contributed by atoms with Gasteiger partial charge in [0.25, 0.3) is 0 Å². The first kappa shape index (κ1) is 14.3. The molecule has 88 valence electrons. The lowest BCUT2D eigenvalue weighted by atomic mass is 10.2. The maximum atomic E-state index is 11.9. The molecule has 5 heteroatoms. The fourth-order valence-corrected chi connectivity index (χ4v) is 1.39. The van der Waals surface area contributed by atoms with Gasteiger partial charge in [0.2, 0.25) is 5.91 Å². The number of rotatable bonds is 5. The molecule has 0 aliphatic carbocycles. The number of methoxy groups -OCH3 is 1. The van der Waals surface area contributed by atoms with E-state index in [1.165, 1.54) is 23.8 Å². The molecule has 0 bridgehead atoms. The number of carbonyl (C=O) groups excluding carboxylic acids is 2. The molecular formula is C10H19NO3S. The lowest BCUT2D eigenvalue weighted by Crippen LogP contribution is -2.44. The van der Waals surface area contributed by atoms with Gasteiger partial charge in [-0.3, -0.25) is 9.59 Å². The predicted octanol–water partition coefficient (Wildman–Crippen LogP) is 1.15. The van der Waals surface area contributed by atoms with Gasteiger partial charge >= 0.3 is 5.97 Å². The SMILES string of the molecule is COC(=O)CN(C(=O)C(C)SC)C(C)C. The molecule has 1 unspecified atom stereocenters. The molecule has 0 spiro atoms. The van der Waals surface area contributed by atoms with E-state index in [-0.39, 0.29) is 29.7 Å². The van der Waals surface area contributed by atoms with E-state index >= 15 is 0 Å². The van der Waals surface area contributed by atoms with Crippen molar-refractivity contribution in [3.05, 3.63) is 0 Å². The van der Waals surface area contributed by atoms with Gasteiger partial charge in [0.05, 0.1) is 12.4 Å². The van der Waals surface area contributed by atoms with Gasteiger partial charge < -0.3 is 9.64 Å². The van der Waals surface area contributed by atoms with Crippen molar-refractivity contribution in [3.8, 4) is 0 Å². The Labute approximate surface area is 95.3 Å². The maximum Gasteiger partial charge on any atom is 0.325 e. The maximum absolute atomic E-state index is 11.9. The third-order valence-corrected chi connectivity index (χ3v) is 3.04.